The lowest BCUT2D eigenvalue weighted by atomic mass is 9.90. The summed E-state index contributed by atoms with van der Waals surface area (Å²) in [6.07, 6.45) is 4.89. The number of rotatable bonds is 8. The molecule has 0 aromatic carbocycles. The van der Waals surface area contributed by atoms with Crippen LogP contribution in [0, 0.1) is 13.8 Å². The number of imidazole rings is 1. The van der Waals surface area contributed by atoms with Gasteiger partial charge in [0.2, 0.25) is 0 Å². The molecule has 1 unspecified atom stereocenters. The Kier molecular flexibility index (Phi) is 6.01. The van der Waals surface area contributed by atoms with E-state index >= 15 is 0 Å². The Bertz CT molecular complexity index is 381. The Hall–Kier alpha value is -0.870. The van der Waals surface area contributed by atoms with Gasteiger partial charge in [0.1, 0.15) is 0 Å². The molecule has 0 saturated carbocycles. The van der Waals surface area contributed by atoms with Crippen LogP contribution in [0.3, 0.4) is 0 Å². The molecule has 1 heterocycles. The van der Waals surface area contributed by atoms with Crippen LogP contribution >= 0.6 is 0 Å². The second kappa shape index (κ2) is 7.06. The highest BCUT2D eigenvalue weighted by Crippen LogP contribution is 2.19. The van der Waals surface area contributed by atoms with Gasteiger partial charge in [-0.15, -0.1) is 0 Å². The van der Waals surface area contributed by atoms with Crippen LogP contribution in [0.2, 0.25) is 0 Å². The van der Waals surface area contributed by atoms with Crippen molar-refractivity contribution in [2.45, 2.75) is 72.0 Å². The molecule has 1 aromatic heterocycles. The molecule has 0 spiro atoms. The smallest absolute Gasteiger partial charge is 0.0951 e. The average Bonchev–Trinajstić information content (AvgIpc) is 2.69. The van der Waals surface area contributed by atoms with Crippen LogP contribution in [-0.2, 0) is 6.54 Å². The van der Waals surface area contributed by atoms with Crippen LogP contribution in [0.5, 0.6) is 0 Å². The fraction of sp³-hybridized carbons (Fsp3) is 0.800. The van der Waals surface area contributed by atoms with Gasteiger partial charge < -0.3 is 15.0 Å². The van der Waals surface area contributed by atoms with Crippen molar-refractivity contribution in [1.82, 2.24) is 14.9 Å². The fourth-order valence-electron chi connectivity index (χ4n) is 2.56. The maximum atomic E-state index is 9.70. The molecule has 0 radical (unpaired) electrons. The van der Waals surface area contributed by atoms with E-state index in [1.807, 2.05) is 13.3 Å². The van der Waals surface area contributed by atoms with Gasteiger partial charge in [0.05, 0.1) is 18.6 Å². The quantitative estimate of drug-likeness (QED) is 0.760. The highest BCUT2D eigenvalue weighted by molar-refractivity contribution is 5.08. The topological polar surface area (TPSA) is 50.1 Å². The molecular formula is C15H29N3O. The Morgan fingerprint density at radius 1 is 1.42 bits per heavy atom. The van der Waals surface area contributed by atoms with E-state index in [9.17, 15) is 5.11 Å². The van der Waals surface area contributed by atoms with Crippen molar-refractivity contribution < 1.29 is 5.11 Å². The van der Waals surface area contributed by atoms with E-state index in [2.05, 4.69) is 42.6 Å². The first kappa shape index (κ1) is 16.2. The molecule has 1 atom stereocenters. The van der Waals surface area contributed by atoms with Crippen molar-refractivity contribution in [3.8, 4) is 0 Å². The third kappa shape index (κ3) is 4.32. The Labute approximate surface area is 117 Å². The van der Waals surface area contributed by atoms with E-state index in [4.69, 9.17) is 0 Å². The SMILES string of the molecule is CCC(CO)(CCCn1cnc(C)c1C)NC(C)C. The summed E-state index contributed by atoms with van der Waals surface area (Å²) >= 11 is 0. The highest BCUT2D eigenvalue weighted by Gasteiger charge is 2.27. The minimum Gasteiger partial charge on any atom is -0.394 e. The predicted octanol–water partition coefficient (Wildman–Crippen LogP) is 2.42. The monoisotopic (exact) mass is 267 g/mol. The summed E-state index contributed by atoms with van der Waals surface area (Å²) < 4.78 is 2.20. The second-order valence-corrected chi connectivity index (χ2v) is 5.80. The number of nitrogens with one attached hydrogen (secondary N) is 1. The zero-order valence-corrected chi connectivity index (χ0v) is 13.0. The van der Waals surface area contributed by atoms with Crippen LogP contribution in [0.4, 0.5) is 0 Å². The molecule has 1 aromatic rings. The van der Waals surface area contributed by atoms with Crippen LogP contribution < -0.4 is 5.32 Å². The first-order valence-electron chi connectivity index (χ1n) is 7.31. The molecule has 1 rings (SSSR count). The number of hydrogen-bond acceptors (Lipinski definition) is 3. The molecule has 0 aliphatic heterocycles. The van der Waals surface area contributed by atoms with Crippen molar-refractivity contribution in [1.29, 1.82) is 0 Å². The lowest BCUT2D eigenvalue weighted by molar-refractivity contribution is 0.134. The minimum atomic E-state index is -0.141. The summed E-state index contributed by atoms with van der Waals surface area (Å²) in [5.41, 5.74) is 2.20. The summed E-state index contributed by atoms with van der Waals surface area (Å²) in [6, 6.07) is 0.393. The fourth-order valence-corrected chi connectivity index (χ4v) is 2.56. The minimum absolute atomic E-state index is 0.141. The van der Waals surface area contributed by atoms with E-state index in [1.54, 1.807) is 0 Å². The molecule has 0 bridgehead atoms. The molecule has 110 valence electrons. The van der Waals surface area contributed by atoms with Crippen molar-refractivity contribution in [3.63, 3.8) is 0 Å². The third-order valence-electron chi connectivity index (χ3n) is 3.97. The van der Waals surface area contributed by atoms with Crippen LogP contribution in [-0.4, -0.2) is 32.8 Å². The zero-order chi connectivity index (χ0) is 14.5. The van der Waals surface area contributed by atoms with E-state index in [0.717, 1.165) is 31.5 Å². The molecule has 19 heavy (non-hydrogen) atoms. The van der Waals surface area contributed by atoms with E-state index in [1.165, 1.54) is 5.69 Å². The lowest BCUT2D eigenvalue weighted by Crippen LogP contribution is -2.51. The number of nitrogens with zero attached hydrogens (tertiary/aromatic N) is 2. The van der Waals surface area contributed by atoms with Gasteiger partial charge >= 0.3 is 0 Å². The van der Waals surface area contributed by atoms with E-state index in [0.29, 0.717) is 6.04 Å². The first-order valence-corrected chi connectivity index (χ1v) is 7.31. The maximum Gasteiger partial charge on any atom is 0.0951 e. The van der Waals surface area contributed by atoms with Crippen molar-refractivity contribution in [2.75, 3.05) is 6.61 Å². The molecule has 4 heteroatoms. The number of aromatic nitrogens is 2. The molecule has 0 aliphatic rings. The Balaban J connectivity index is 2.55. The Morgan fingerprint density at radius 2 is 2.11 bits per heavy atom. The largest absolute Gasteiger partial charge is 0.394 e. The molecule has 0 saturated heterocycles. The standard InChI is InChI=1S/C15H29N3O/c1-6-15(10-19,17-12(2)3)8-7-9-18-11-16-13(4)14(18)5/h11-12,17,19H,6-10H2,1-5H3. The number of hydrogen-bond donors (Lipinski definition) is 2. The number of aliphatic hydroxyl groups is 1. The lowest BCUT2D eigenvalue weighted by Gasteiger charge is -2.34. The summed E-state index contributed by atoms with van der Waals surface area (Å²) in [5, 5.41) is 13.2. The average molecular weight is 267 g/mol. The van der Waals surface area contributed by atoms with Crippen LogP contribution in [0.25, 0.3) is 0 Å². The van der Waals surface area contributed by atoms with Crippen LogP contribution in [0.1, 0.15) is 51.4 Å². The van der Waals surface area contributed by atoms with Crippen molar-refractivity contribution in [2.24, 2.45) is 0 Å². The van der Waals surface area contributed by atoms with Crippen LogP contribution in [0.15, 0.2) is 6.33 Å². The van der Waals surface area contributed by atoms with Gasteiger partial charge in [0, 0.05) is 23.8 Å². The number of aryl methyl sites for hydroxylation is 2. The van der Waals surface area contributed by atoms with Gasteiger partial charge in [-0.1, -0.05) is 20.8 Å². The molecule has 0 aliphatic carbocycles. The first-order chi connectivity index (χ1) is 8.94. The molecule has 2 N–H and O–H groups in total. The third-order valence-corrected chi connectivity index (χ3v) is 3.97. The normalized spacial score (nSPS) is 14.9. The number of aliphatic hydroxyl groups excluding tert-OH is 1. The van der Waals surface area contributed by atoms with E-state index in [-0.39, 0.29) is 12.1 Å². The Morgan fingerprint density at radius 3 is 2.53 bits per heavy atom. The predicted molar refractivity (Wildman–Crippen MR) is 79.3 cm³/mol. The molecular weight excluding hydrogens is 238 g/mol. The van der Waals surface area contributed by atoms with Gasteiger partial charge in [-0.3, -0.25) is 0 Å². The zero-order valence-electron chi connectivity index (χ0n) is 13.0. The summed E-state index contributed by atoms with van der Waals surface area (Å²) in [5.74, 6) is 0. The summed E-state index contributed by atoms with van der Waals surface area (Å²) in [4.78, 5) is 4.32. The highest BCUT2D eigenvalue weighted by atomic mass is 16.3. The molecule has 4 nitrogen and oxygen atoms in total. The molecule has 0 amide bonds. The van der Waals surface area contributed by atoms with Gasteiger partial charge in [0.15, 0.2) is 0 Å². The summed E-state index contributed by atoms with van der Waals surface area (Å²) in [6.45, 7) is 11.7. The van der Waals surface area contributed by atoms with Gasteiger partial charge in [-0.2, -0.15) is 0 Å². The van der Waals surface area contributed by atoms with Gasteiger partial charge in [-0.05, 0) is 33.1 Å². The van der Waals surface area contributed by atoms with Gasteiger partial charge in [-0.25, -0.2) is 4.98 Å². The maximum absolute atomic E-state index is 9.70. The summed E-state index contributed by atoms with van der Waals surface area (Å²) in [7, 11) is 0. The second-order valence-electron chi connectivity index (χ2n) is 5.80. The van der Waals surface area contributed by atoms with Crippen molar-refractivity contribution in [3.05, 3.63) is 17.7 Å². The van der Waals surface area contributed by atoms with E-state index < -0.39 is 0 Å². The van der Waals surface area contributed by atoms with Gasteiger partial charge in [0.25, 0.3) is 0 Å². The van der Waals surface area contributed by atoms with Crippen molar-refractivity contribution >= 4 is 0 Å². The molecule has 0 fully saturated rings.